The molecular formula is C15H13BrClFO. The van der Waals surface area contributed by atoms with Crippen molar-refractivity contribution in [2.24, 2.45) is 0 Å². The van der Waals surface area contributed by atoms with Gasteiger partial charge in [-0.1, -0.05) is 39.7 Å². The molecule has 4 heteroatoms. The fourth-order valence-electron chi connectivity index (χ4n) is 1.98. The first-order valence-corrected chi connectivity index (χ1v) is 6.98. The van der Waals surface area contributed by atoms with E-state index in [4.69, 9.17) is 11.6 Å². The van der Waals surface area contributed by atoms with Crippen molar-refractivity contribution in [1.82, 2.24) is 0 Å². The first-order chi connectivity index (χ1) is 8.88. The number of halogens is 3. The van der Waals surface area contributed by atoms with Crippen molar-refractivity contribution in [1.29, 1.82) is 0 Å². The van der Waals surface area contributed by atoms with Crippen LogP contribution in [-0.2, 0) is 12.0 Å². The molecule has 0 aromatic heterocycles. The number of aliphatic hydroxyl groups is 1. The lowest BCUT2D eigenvalue weighted by atomic mass is 9.89. The maximum Gasteiger partial charge on any atom is 0.123 e. The van der Waals surface area contributed by atoms with Crippen LogP contribution in [0.3, 0.4) is 0 Å². The SMILES string of the molecule is CC(O)(Cc1cc(F)ccc1Cl)c1cccc(Br)c1. The Labute approximate surface area is 125 Å². The van der Waals surface area contributed by atoms with Crippen LogP contribution in [-0.4, -0.2) is 5.11 Å². The molecule has 0 amide bonds. The van der Waals surface area contributed by atoms with Gasteiger partial charge in [-0.2, -0.15) is 0 Å². The Morgan fingerprint density at radius 2 is 2.00 bits per heavy atom. The van der Waals surface area contributed by atoms with E-state index in [9.17, 15) is 9.50 Å². The molecule has 1 N–H and O–H groups in total. The number of benzene rings is 2. The van der Waals surface area contributed by atoms with Gasteiger partial charge in [0.25, 0.3) is 0 Å². The van der Waals surface area contributed by atoms with Crippen LogP contribution in [0.15, 0.2) is 46.9 Å². The molecule has 1 atom stereocenters. The average Bonchev–Trinajstić information content (AvgIpc) is 2.33. The lowest BCUT2D eigenvalue weighted by Gasteiger charge is -2.24. The Balaban J connectivity index is 2.33. The fraction of sp³-hybridized carbons (Fsp3) is 0.200. The van der Waals surface area contributed by atoms with Crippen LogP contribution >= 0.6 is 27.5 Å². The molecule has 0 heterocycles. The molecule has 1 unspecified atom stereocenters. The van der Waals surface area contributed by atoms with Crippen molar-refractivity contribution < 1.29 is 9.50 Å². The van der Waals surface area contributed by atoms with E-state index in [1.165, 1.54) is 18.2 Å². The molecule has 0 aliphatic carbocycles. The summed E-state index contributed by atoms with van der Waals surface area (Å²) in [5, 5.41) is 11.0. The maximum atomic E-state index is 13.2. The smallest absolute Gasteiger partial charge is 0.123 e. The first kappa shape index (κ1) is 14.5. The van der Waals surface area contributed by atoms with Crippen LogP contribution in [0, 0.1) is 5.82 Å². The van der Waals surface area contributed by atoms with Crippen LogP contribution in [0.2, 0.25) is 5.02 Å². The molecule has 2 aromatic carbocycles. The number of hydrogen-bond acceptors (Lipinski definition) is 1. The quantitative estimate of drug-likeness (QED) is 0.857. The average molecular weight is 344 g/mol. The van der Waals surface area contributed by atoms with Gasteiger partial charge in [-0.15, -0.1) is 0 Å². The summed E-state index contributed by atoms with van der Waals surface area (Å²) in [6.45, 7) is 1.69. The molecule has 0 spiro atoms. The van der Waals surface area contributed by atoms with Gasteiger partial charge < -0.3 is 5.11 Å². The van der Waals surface area contributed by atoms with Gasteiger partial charge in [-0.25, -0.2) is 4.39 Å². The van der Waals surface area contributed by atoms with Crippen LogP contribution in [0.5, 0.6) is 0 Å². The summed E-state index contributed by atoms with van der Waals surface area (Å²) in [5.41, 5.74) is 0.232. The van der Waals surface area contributed by atoms with Gasteiger partial charge >= 0.3 is 0 Å². The topological polar surface area (TPSA) is 20.2 Å². The molecule has 0 aliphatic heterocycles. The van der Waals surface area contributed by atoms with E-state index < -0.39 is 5.60 Å². The molecule has 0 saturated carbocycles. The summed E-state index contributed by atoms with van der Waals surface area (Å²) in [6.07, 6.45) is 0.250. The van der Waals surface area contributed by atoms with E-state index in [0.29, 0.717) is 10.6 Å². The Morgan fingerprint density at radius 1 is 1.26 bits per heavy atom. The molecule has 0 bridgehead atoms. The zero-order valence-corrected chi connectivity index (χ0v) is 12.7. The normalized spacial score (nSPS) is 14.2. The van der Waals surface area contributed by atoms with Crippen LogP contribution < -0.4 is 0 Å². The number of hydrogen-bond donors (Lipinski definition) is 1. The summed E-state index contributed by atoms with van der Waals surface area (Å²) < 4.78 is 14.1. The predicted octanol–water partition coefficient (Wildman–Crippen LogP) is 4.69. The Kier molecular flexibility index (Phi) is 4.29. The van der Waals surface area contributed by atoms with Crippen molar-refractivity contribution in [2.45, 2.75) is 18.9 Å². The maximum absolute atomic E-state index is 13.2. The van der Waals surface area contributed by atoms with Gasteiger partial charge in [0.1, 0.15) is 5.82 Å². The molecule has 19 heavy (non-hydrogen) atoms. The van der Waals surface area contributed by atoms with Crippen molar-refractivity contribution in [3.05, 3.63) is 68.9 Å². The van der Waals surface area contributed by atoms with E-state index >= 15 is 0 Å². The standard InChI is InChI=1S/C15H13BrClFO/c1-15(19,11-3-2-4-12(16)8-11)9-10-7-13(18)5-6-14(10)17/h2-8,19H,9H2,1H3. The zero-order valence-electron chi connectivity index (χ0n) is 10.3. The monoisotopic (exact) mass is 342 g/mol. The Morgan fingerprint density at radius 3 is 2.68 bits per heavy atom. The van der Waals surface area contributed by atoms with Gasteiger partial charge in [-0.3, -0.25) is 0 Å². The van der Waals surface area contributed by atoms with Gasteiger partial charge in [-0.05, 0) is 48.4 Å². The minimum Gasteiger partial charge on any atom is -0.385 e. The van der Waals surface area contributed by atoms with E-state index in [0.717, 1.165) is 10.0 Å². The first-order valence-electron chi connectivity index (χ1n) is 5.81. The van der Waals surface area contributed by atoms with Crippen molar-refractivity contribution >= 4 is 27.5 Å². The van der Waals surface area contributed by atoms with Crippen LogP contribution in [0.1, 0.15) is 18.1 Å². The van der Waals surface area contributed by atoms with Gasteiger partial charge in [0.05, 0.1) is 5.60 Å². The summed E-state index contributed by atoms with van der Waals surface area (Å²) in [5.74, 6) is -0.357. The highest BCUT2D eigenvalue weighted by atomic mass is 79.9. The van der Waals surface area contributed by atoms with E-state index in [2.05, 4.69) is 15.9 Å². The largest absolute Gasteiger partial charge is 0.385 e. The van der Waals surface area contributed by atoms with Gasteiger partial charge in [0.15, 0.2) is 0 Å². The third kappa shape index (κ3) is 3.56. The van der Waals surface area contributed by atoms with Crippen LogP contribution in [0.25, 0.3) is 0 Å². The molecule has 100 valence electrons. The summed E-state index contributed by atoms with van der Waals surface area (Å²) in [7, 11) is 0. The second kappa shape index (κ2) is 5.61. The Hall–Kier alpha value is -0.900. The highest BCUT2D eigenvalue weighted by Gasteiger charge is 2.25. The molecule has 0 aliphatic rings. The molecular weight excluding hydrogens is 331 g/mol. The van der Waals surface area contributed by atoms with Crippen LogP contribution in [0.4, 0.5) is 4.39 Å². The van der Waals surface area contributed by atoms with E-state index in [1.54, 1.807) is 6.92 Å². The fourth-order valence-corrected chi connectivity index (χ4v) is 2.56. The molecule has 2 rings (SSSR count). The lowest BCUT2D eigenvalue weighted by molar-refractivity contribution is 0.0575. The van der Waals surface area contributed by atoms with Crippen molar-refractivity contribution in [3.8, 4) is 0 Å². The second-order valence-corrected chi connectivity index (χ2v) is 6.02. The molecule has 0 radical (unpaired) electrons. The minimum absolute atomic E-state index is 0.250. The van der Waals surface area contributed by atoms with E-state index in [1.807, 2.05) is 24.3 Å². The minimum atomic E-state index is -1.11. The van der Waals surface area contributed by atoms with E-state index in [-0.39, 0.29) is 12.2 Å². The molecule has 2 aromatic rings. The zero-order chi connectivity index (χ0) is 14.0. The van der Waals surface area contributed by atoms with Gasteiger partial charge in [0.2, 0.25) is 0 Å². The molecule has 1 nitrogen and oxygen atoms in total. The molecule has 0 saturated heterocycles. The Bertz CT molecular complexity index is 598. The summed E-state index contributed by atoms with van der Waals surface area (Å²) >= 11 is 9.40. The molecule has 0 fully saturated rings. The highest BCUT2D eigenvalue weighted by Crippen LogP contribution is 2.30. The summed E-state index contributed by atoms with van der Waals surface area (Å²) in [4.78, 5) is 0. The number of rotatable bonds is 3. The van der Waals surface area contributed by atoms with Crippen molar-refractivity contribution in [3.63, 3.8) is 0 Å². The highest BCUT2D eigenvalue weighted by molar-refractivity contribution is 9.10. The predicted molar refractivity (Wildman–Crippen MR) is 78.8 cm³/mol. The third-order valence-electron chi connectivity index (χ3n) is 2.99. The third-order valence-corrected chi connectivity index (χ3v) is 3.85. The summed E-state index contributed by atoms with van der Waals surface area (Å²) in [6, 6.07) is 11.6. The van der Waals surface area contributed by atoms with Gasteiger partial charge in [0, 0.05) is 15.9 Å². The lowest BCUT2D eigenvalue weighted by Crippen LogP contribution is -2.24. The second-order valence-electron chi connectivity index (χ2n) is 4.70. The van der Waals surface area contributed by atoms with Crippen molar-refractivity contribution in [2.75, 3.05) is 0 Å².